The molecular weight excluding hydrogens is 224 g/mol. The third-order valence-electron chi connectivity index (χ3n) is 2.77. The molecule has 16 heavy (non-hydrogen) atoms. The Morgan fingerprint density at radius 3 is 2.75 bits per heavy atom. The molecule has 3 nitrogen and oxygen atoms in total. The highest BCUT2D eigenvalue weighted by Gasteiger charge is 2.12. The molecule has 0 bridgehead atoms. The number of nitrogens with two attached hydrogens (primary N) is 1. The van der Waals surface area contributed by atoms with Crippen LogP contribution in [0.1, 0.15) is 18.0 Å². The summed E-state index contributed by atoms with van der Waals surface area (Å²) in [6.07, 6.45) is 2.65. The van der Waals surface area contributed by atoms with Crippen molar-refractivity contribution in [2.24, 2.45) is 12.8 Å². The van der Waals surface area contributed by atoms with Crippen LogP contribution in [0, 0.1) is 0 Å². The molecule has 2 aromatic rings. The predicted molar refractivity (Wildman–Crippen MR) is 68.8 cm³/mol. The minimum Gasteiger partial charge on any atom is -0.396 e. The van der Waals surface area contributed by atoms with Gasteiger partial charge in [0.25, 0.3) is 0 Å². The number of aryl methyl sites for hydroxylation is 1. The summed E-state index contributed by atoms with van der Waals surface area (Å²) in [5.41, 5.74) is 8.31. The van der Waals surface area contributed by atoms with E-state index >= 15 is 0 Å². The number of hydrogen-bond acceptors (Lipinski definition) is 2. The van der Waals surface area contributed by atoms with Gasteiger partial charge in [0.1, 0.15) is 0 Å². The molecule has 0 aliphatic rings. The van der Waals surface area contributed by atoms with Gasteiger partial charge in [0.2, 0.25) is 0 Å². The third-order valence-corrected chi connectivity index (χ3v) is 2.77. The molecule has 0 aliphatic heterocycles. The maximum absolute atomic E-state index is 8.89. The van der Waals surface area contributed by atoms with E-state index in [0.717, 1.165) is 5.56 Å². The van der Waals surface area contributed by atoms with Crippen LogP contribution in [0.5, 0.6) is 0 Å². The fourth-order valence-corrected chi connectivity index (χ4v) is 1.96. The number of para-hydroxylation sites is 1. The molecular formula is C12H17ClN2O. The first kappa shape index (κ1) is 13.0. The molecule has 1 aromatic heterocycles. The summed E-state index contributed by atoms with van der Waals surface area (Å²) >= 11 is 0. The molecule has 0 aliphatic carbocycles. The van der Waals surface area contributed by atoms with E-state index in [0.29, 0.717) is 6.42 Å². The maximum atomic E-state index is 8.89. The molecule has 2 rings (SSSR count). The third kappa shape index (κ3) is 2.21. The molecule has 0 fully saturated rings. The summed E-state index contributed by atoms with van der Waals surface area (Å²) in [6, 6.07) is 8.09. The number of rotatable bonds is 3. The van der Waals surface area contributed by atoms with Gasteiger partial charge in [0.15, 0.2) is 0 Å². The second-order valence-electron chi connectivity index (χ2n) is 3.83. The molecule has 4 heteroatoms. The Bertz CT molecular complexity index is 467. The number of hydrogen-bond donors (Lipinski definition) is 2. The quantitative estimate of drug-likeness (QED) is 0.862. The van der Waals surface area contributed by atoms with Crippen molar-refractivity contribution in [3.63, 3.8) is 0 Å². The first-order chi connectivity index (χ1) is 7.24. The number of benzene rings is 1. The van der Waals surface area contributed by atoms with Crippen molar-refractivity contribution in [2.45, 2.75) is 12.5 Å². The lowest BCUT2D eigenvalue weighted by Crippen LogP contribution is -2.11. The molecule has 1 heterocycles. The van der Waals surface area contributed by atoms with Gasteiger partial charge in [-0.3, -0.25) is 0 Å². The Labute approximate surface area is 101 Å². The summed E-state index contributed by atoms with van der Waals surface area (Å²) in [6.45, 7) is 0.129. The van der Waals surface area contributed by atoms with Crippen molar-refractivity contribution in [1.29, 1.82) is 0 Å². The van der Waals surface area contributed by atoms with Crippen molar-refractivity contribution >= 4 is 23.3 Å². The molecule has 1 atom stereocenters. The van der Waals surface area contributed by atoms with Crippen LogP contribution in [0.2, 0.25) is 0 Å². The zero-order valence-corrected chi connectivity index (χ0v) is 10.1. The van der Waals surface area contributed by atoms with E-state index in [2.05, 4.69) is 16.7 Å². The highest BCUT2D eigenvalue weighted by molar-refractivity contribution is 5.85. The molecule has 0 amide bonds. The number of aromatic nitrogens is 1. The van der Waals surface area contributed by atoms with Crippen LogP contribution in [0.4, 0.5) is 0 Å². The Balaban J connectivity index is 0.00000128. The van der Waals surface area contributed by atoms with Crippen LogP contribution in [0.15, 0.2) is 30.5 Å². The zero-order chi connectivity index (χ0) is 10.8. The summed E-state index contributed by atoms with van der Waals surface area (Å²) in [5.74, 6) is 0. The monoisotopic (exact) mass is 240 g/mol. The van der Waals surface area contributed by atoms with Crippen molar-refractivity contribution < 1.29 is 5.11 Å². The van der Waals surface area contributed by atoms with Gasteiger partial charge in [-0.1, -0.05) is 18.2 Å². The van der Waals surface area contributed by atoms with Gasteiger partial charge in [0, 0.05) is 36.8 Å². The SMILES string of the molecule is Cl.Cn1cc([C@@H](N)CCO)c2ccccc21. The largest absolute Gasteiger partial charge is 0.396 e. The highest BCUT2D eigenvalue weighted by Crippen LogP contribution is 2.25. The van der Waals surface area contributed by atoms with E-state index in [4.69, 9.17) is 10.8 Å². The Morgan fingerprint density at radius 2 is 2.06 bits per heavy atom. The fraction of sp³-hybridized carbons (Fsp3) is 0.333. The van der Waals surface area contributed by atoms with E-state index in [1.807, 2.05) is 25.4 Å². The van der Waals surface area contributed by atoms with Crippen molar-refractivity contribution in [2.75, 3.05) is 6.61 Å². The predicted octanol–water partition coefficient (Wildman–Crippen LogP) is 1.98. The molecule has 0 spiro atoms. The molecule has 0 radical (unpaired) electrons. The van der Waals surface area contributed by atoms with Crippen LogP contribution in [-0.2, 0) is 7.05 Å². The van der Waals surface area contributed by atoms with Gasteiger partial charge in [0.05, 0.1) is 0 Å². The topological polar surface area (TPSA) is 51.2 Å². The van der Waals surface area contributed by atoms with Gasteiger partial charge < -0.3 is 15.4 Å². The van der Waals surface area contributed by atoms with E-state index in [1.165, 1.54) is 10.9 Å². The number of aliphatic hydroxyl groups is 1. The van der Waals surface area contributed by atoms with Gasteiger partial charge in [-0.15, -0.1) is 12.4 Å². The Hall–Kier alpha value is -1.03. The first-order valence-electron chi connectivity index (χ1n) is 5.14. The zero-order valence-electron chi connectivity index (χ0n) is 9.26. The van der Waals surface area contributed by atoms with E-state index in [-0.39, 0.29) is 25.1 Å². The first-order valence-corrected chi connectivity index (χ1v) is 5.14. The van der Waals surface area contributed by atoms with Crippen LogP contribution in [-0.4, -0.2) is 16.3 Å². The average molecular weight is 241 g/mol. The normalized spacial score (nSPS) is 12.4. The van der Waals surface area contributed by atoms with Gasteiger partial charge >= 0.3 is 0 Å². The van der Waals surface area contributed by atoms with Crippen molar-refractivity contribution in [3.8, 4) is 0 Å². The van der Waals surface area contributed by atoms with Gasteiger partial charge in [-0.05, 0) is 18.1 Å². The summed E-state index contributed by atoms with van der Waals surface area (Å²) in [4.78, 5) is 0. The van der Waals surface area contributed by atoms with E-state index < -0.39 is 0 Å². The Kier molecular flexibility index (Phi) is 4.35. The molecule has 0 saturated heterocycles. The van der Waals surface area contributed by atoms with Crippen LogP contribution >= 0.6 is 12.4 Å². The van der Waals surface area contributed by atoms with E-state index in [9.17, 15) is 0 Å². The van der Waals surface area contributed by atoms with Crippen molar-refractivity contribution in [3.05, 3.63) is 36.0 Å². The molecule has 0 saturated carbocycles. The second-order valence-corrected chi connectivity index (χ2v) is 3.83. The van der Waals surface area contributed by atoms with Crippen LogP contribution < -0.4 is 5.73 Å². The Morgan fingerprint density at radius 1 is 1.38 bits per heavy atom. The molecule has 0 unspecified atom stereocenters. The summed E-state index contributed by atoms with van der Waals surface area (Å²) in [5, 5.41) is 10.1. The minimum atomic E-state index is -0.0823. The van der Waals surface area contributed by atoms with Gasteiger partial charge in [-0.25, -0.2) is 0 Å². The van der Waals surface area contributed by atoms with Crippen LogP contribution in [0.3, 0.4) is 0 Å². The highest BCUT2D eigenvalue weighted by atomic mass is 35.5. The number of nitrogens with zero attached hydrogens (tertiary/aromatic N) is 1. The lowest BCUT2D eigenvalue weighted by molar-refractivity contribution is 0.277. The smallest absolute Gasteiger partial charge is 0.0481 e. The van der Waals surface area contributed by atoms with E-state index in [1.54, 1.807) is 0 Å². The second kappa shape index (κ2) is 5.34. The number of halogens is 1. The standard InChI is InChI=1S/C12H16N2O.ClH/c1-14-8-10(11(13)6-7-15)9-4-2-3-5-12(9)14;/h2-5,8,11,15H,6-7,13H2,1H3;1H/t11-;/m0./s1. The minimum absolute atomic E-state index is 0. The number of aliphatic hydroxyl groups excluding tert-OH is 1. The molecule has 88 valence electrons. The van der Waals surface area contributed by atoms with Crippen molar-refractivity contribution in [1.82, 2.24) is 4.57 Å². The molecule has 1 aromatic carbocycles. The fourth-order valence-electron chi connectivity index (χ4n) is 1.96. The maximum Gasteiger partial charge on any atom is 0.0481 e. The average Bonchev–Trinajstić information content (AvgIpc) is 2.58. The van der Waals surface area contributed by atoms with Gasteiger partial charge in [-0.2, -0.15) is 0 Å². The lowest BCUT2D eigenvalue weighted by Gasteiger charge is -2.07. The molecule has 3 N–H and O–H groups in total. The summed E-state index contributed by atoms with van der Waals surface area (Å²) < 4.78 is 2.07. The summed E-state index contributed by atoms with van der Waals surface area (Å²) in [7, 11) is 2.01. The number of fused-ring (bicyclic) bond motifs is 1. The lowest BCUT2D eigenvalue weighted by atomic mass is 10.0. The van der Waals surface area contributed by atoms with Crippen LogP contribution in [0.25, 0.3) is 10.9 Å².